The molecule has 0 aliphatic rings. The van der Waals surface area contributed by atoms with E-state index in [1.807, 2.05) is 6.92 Å². The Morgan fingerprint density at radius 2 is 2.33 bits per heavy atom. The zero-order valence-electron chi connectivity index (χ0n) is 8.50. The standard InChI is InChI=1S/C9H12BrN3O2/c1-3-11-9(14)13-7-5-4-6(15-2)8(10)12-7/h4-5H,3H2,1-2H3,(H2,11,12,13,14). The third-order valence-electron chi connectivity index (χ3n) is 1.61. The van der Waals surface area contributed by atoms with Gasteiger partial charge < -0.3 is 10.1 Å². The molecule has 0 aliphatic carbocycles. The summed E-state index contributed by atoms with van der Waals surface area (Å²) in [6.45, 7) is 2.42. The number of hydrogen-bond donors (Lipinski definition) is 2. The fourth-order valence-electron chi connectivity index (χ4n) is 0.964. The maximum absolute atomic E-state index is 11.2. The number of anilines is 1. The van der Waals surface area contributed by atoms with Crippen molar-refractivity contribution in [3.8, 4) is 5.75 Å². The van der Waals surface area contributed by atoms with Crippen LogP contribution in [0.1, 0.15) is 6.92 Å². The van der Waals surface area contributed by atoms with Gasteiger partial charge in [-0.15, -0.1) is 0 Å². The van der Waals surface area contributed by atoms with E-state index in [0.29, 0.717) is 22.7 Å². The van der Waals surface area contributed by atoms with Gasteiger partial charge in [0.05, 0.1) is 7.11 Å². The molecule has 0 saturated heterocycles. The summed E-state index contributed by atoms with van der Waals surface area (Å²) in [6, 6.07) is 3.11. The molecule has 1 rings (SSSR count). The van der Waals surface area contributed by atoms with Crippen LogP contribution in [0.4, 0.5) is 10.6 Å². The van der Waals surface area contributed by atoms with Gasteiger partial charge in [-0.1, -0.05) is 0 Å². The Labute approximate surface area is 96.4 Å². The Bertz CT molecular complexity index is 357. The van der Waals surface area contributed by atoms with Crippen molar-refractivity contribution in [3.05, 3.63) is 16.7 Å². The first-order valence-electron chi connectivity index (χ1n) is 4.42. The number of urea groups is 1. The third-order valence-corrected chi connectivity index (χ3v) is 2.18. The van der Waals surface area contributed by atoms with Gasteiger partial charge in [0.15, 0.2) is 5.75 Å². The summed E-state index contributed by atoms with van der Waals surface area (Å²) < 4.78 is 5.57. The number of amides is 2. The summed E-state index contributed by atoms with van der Waals surface area (Å²) in [5, 5.41) is 5.19. The third kappa shape index (κ3) is 3.39. The molecule has 82 valence electrons. The number of rotatable bonds is 3. The monoisotopic (exact) mass is 273 g/mol. The topological polar surface area (TPSA) is 63.2 Å². The number of carbonyl (C=O) groups is 1. The summed E-state index contributed by atoms with van der Waals surface area (Å²) in [7, 11) is 1.55. The smallest absolute Gasteiger partial charge is 0.320 e. The van der Waals surface area contributed by atoms with Crippen LogP contribution in [0.15, 0.2) is 16.7 Å². The van der Waals surface area contributed by atoms with Gasteiger partial charge in [0, 0.05) is 6.54 Å². The maximum Gasteiger partial charge on any atom is 0.320 e. The number of ether oxygens (including phenoxy) is 1. The van der Waals surface area contributed by atoms with Gasteiger partial charge in [-0.25, -0.2) is 9.78 Å². The van der Waals surface area contributed by atoms with E-state index in [1.165, 1.54) is 0 Å². The molecular formula is C9H12BrN3O2. The Kier molecular flexibility index (Phi) is 4.36. The maximum atomic E-state index is 11.2. The zero-order valence-corrected chi connectivity index (χ0v) is 10.1. The summed E-state index contributed by atoms with van der Waals surface area (Å²) in [6.07, 6.45) is 0. The van der Waals surface area contributed by atoms with E-state index in [-0.39, 0.29) is 6.03 Å². The van der Waals surface area contributed by atoms with Crippen LogP contribution in [0.25, 0.3) is 0 Å². The highest BCUT2D eigenvalue weighted by molar-refractivity contribution is 9.10. The number of aromatic nitrogens is 1. The molecular weight excluding hydrogens is 262 g/mol. The lowest BCUT2D eigenvalue weighted by Gasteiger charge is -2.07. The van der Waals surface area contributed by atoms with Crippen LogP contribution in [0.2, 0.25) is 0 Å². The van der Waals surface area contributed by atoms with Gasteiger partial charge in [-0.3, -0.25) is 5.32 Å². The molecule has 0 saturated carbocycles. The van der Waals surface area contributed by atoms with Crippen LogP contribution >= 0.6 is 15.9 Å². The average Bonchev–Trinajstić information content (AvgIpc) is 2.18. The molecule has 1 heterocycles. The van der Waals surface area contributed by atoms with Gasteiger partial charge in [-0.2, -0.15) is 0 Å². The Morgan fingerprint density at radius 3 is 2.87 bits per heavy atom. The van der Waals surface area contributed by atoms with Crippen molar-refractivity contribution in [3.63, 3.8) is 0 Å². The second kappa shape index (κ2) is 5.55. The SMILES string of the molecule is CCNC(=O)Nc1ccc(OC)c(Br)n1. The van der Waals surface area contributed by atoms with E-state index in [2.05, 4.69) is 31.5 Å². The number of nitrogens with zero attached hydrogens (tertiary/aromatic N) is 1. The molecule has 0 radical (unpaired) electrons. The lowest BCUT2D eigenvalue weighted by atomic mass is 10.4. The predicted octanol–water partition coefficient (Wildman–Crippen LogP) is 1.99. The highest BCUT2D eigenvalue weighted by atomic mass is 79.9. The van der Waals surface area contributed by atoms with Gasteiger partial charge in [0.2, 0.25) is 0 Å². The first-order chi connectivity index (χ1) is 7.17. The molecule has 0 spiro atoms. The largest absolute Gasteiger partial charge is 0.494 e. The molecule has 0 atom stereocenters. The van der Waals surface area contributed by atoms with Crippen molar-refractivity contribution >= 4 is 27.8 Å². The first kappa shape index (κ1) is 11.8. The Hall–Kier alpha value is -1.30. The average molecular weight is 274 g/mol. The van der Waals surface area contributed by atoms with Crippen LogP contribution in [0.3, 0.4) is 0 Å². The number of pyridine rings is 1. The van der Waals surface area contributed by atoms with E-state index in [9.17, 15) is 4.79 Å². The predicted molar refractivity (Wildman–Crippen MR) is 61.2 cm³/mol. The molecule has 5 nitrogen and oxygen atoms in total. The number of hydrogen-bond acceptors (Lipinski definition) is 3. The van der Waals surface area contributed by atoms with Crippen LogP contribution in [0, 0.1) is 0 Å². The molecule has 0 unspecified atom stereocenters. The molecule has 0 aromatic carbocycles. The normalized spacial score (nSPS) is 9.53. The highest BCUT2D eigenvalue weighted by Gasteiger charge is 2.05. The number of methoxy groups -OCH3 is 1. The molecule has 2 amide bonds. The fourth-order valence-corrected chi connectivity index (χ4v) is 1.45. The molecule has 15 heavy (non-hydrogen) atoms. The van der Waals surface area contributed by atoms with Gasteiger partial charge in [-0.05, 0) is 35.0 Å². The van der Waals surface area contributed by atoms with Crippen LogP contribution < -0.4 is 15.4 Å². The number of halogens is 1. The van der Waals surface area contributed by atoms with Gasteiger partial charge >= 0.3 is 6.03 Å². The highest BCUT2D eigenvalue weighted by Crippen LogP contribution is 2.23. The van der Waals surface area contributed by atoms with Gasteiger partial charge in [0.1, 0.15) is 10.4 Å². The van der Waals surface area contributed by atoms with Crippen LogP contribution in [-0.4, -0.2) is 24.7 Å². The van der Waals surface area contributed by atoms with Crippen molar-refractivity contribution in [1.29, 1.82) is 0 Å². The van der Waals surface area contributed by atoms with E-state index in [4.69, 9.17) is 4.74 Å². The minimum absolute atomic E-state index is 0.276. The Morgan fingerprint density at radius 1 is 1.60 bits per heavy atom. The number of nitrogens with one attached hydrogen (secondary N) is 2. The zero-order chi connectivity index (χ0) is 11.3. The van der Waals surface area contributed by atoms with Crippen molar-refractivity contribution in [2.45, 2.75) is 6.92 Å². The Balaban J connectivity index is 2.71. The molecule has 0 bridgehead atoms. The van der Waals surface area contributed by atoms with Crippen LogP contribution in [0.5, 0.6) is 5.75 Å². The van der Waals surface area contributed by atoms with E-state index < -0.39 is 0 Å². The van der Waals surface area contributed by atoms with E-state index in [1.54, 1.807) is 19.2 Å². The summed E-state index contributed by atoms with van der Waals surface area (Å²) in [5.74, 6) is 1.09. The minimum Gasteiger partial charge on any atom is -0.494 e. The molecule has 0 fully saturated rings. The molecule has 1 aromatic heterocycles. The van der Waals surface area contributed by atoms with E-state index in [0.717, 1.165) is 0 Å². The van der Waals surface area contributed by atoms with Crippen LogP contribution in [-0.2, 0) is 0 Å². The molecule has 0 aliphatic heterocycles. The van der Waals surface area contributed by atoms with Crippen molar-refractivity contribution in [2.24, 2.45) is 0 Å². The van der Waals surface area contributed by atoms with E-state index >= 15 is 0 Å². The molecule has 6 heteroatoms. The molecule has 1 aromatic rings. The summed E-state index contributed by atoms with van der Waals surface area (Å²) in [5.41, 5.74) is 0. The lowest BCUT2D eigenvalue weighted by Crippen LogP contribution is -2.28. The second-order valence-electron chi connectivity index (χ2n) is 2.67. The quantitative estimate of drug-likeness (QED) is 0.828. The molecule has 2 N–H and O–H groups in total. The number of carbonyl (C=O) groups excluding carboxylic acids is 1. The fraction of sp³-hybridized carbons (Fsp3) is 0.333. The first-order valence-corrected chi connectivity index (χ1v) is 5.22. The van der Waals surface area contributed by atoms with Gasteiger partial charge in [0.25, 0.3) is 0 Å². The van der Waals surface area contributed by atoms with Crippen molar-refractivity contribution in [2.75, 3.05) is 19.0 Å². The summed E-state index contributed by atoms with van der Waals surface area (Å²) in [4.78, 5) is 15.3. The van der Waals surface area contributed by atoms with Crippen molar-refractivity contribution in [1.82, 2.24) is 10.3 Å². The summed E-state index contributed by atoms with van der Waals surface area (Å²) >= 11 is 3.23. The minimum atomic E-state index is -0.276. The lowest BCUT2D eigenvalue weighted by molar-refractivity contribution is 0.252. The van der Waals surface area contributed by atoms with Crippen molar-refractivity contribution < 1.29 is 9.53 Å². The second-order valence-corrected chi connectivity index (χ2v) is 3.43.